The van der Waals surface area contributed by atoms with Crippen molar-refractivity contribution in [3.63, 3.8) is 0 Å². The van der Waals surface area contributed by atoms with Gasteiger partial charge in [-0.2, -0.15) is 0 Å². The first kappa shape index (κ1) is 16.8. The smallest absolute Gasteiger partial charge is 0.0642 e. The van der Waals surface area contributed by atoms with Crippen molar-refractivity contribution in [1.29, 1.82) is 0 Å². The first-order chi connectivity index (χ1) is 11.7. The van der Waals surface area contributed by atoms with Gasteiger partial charge in [-0.05, 0) is 42.4 Å². The molecule has 1 aromatic carbocycles. The molecule has 3 unspecified atom stereocenters. The number of hydrogen-bond acceptors (Lipinski definition) is 4. The lowest BCUT2D eigenvalue weighted by atomic mass is 9.78. The van der Waals surface area contributed by atoms with Gasteiger partial charge in [0.1, 0.15) is 0 Å². The van der Waals surface area contributed by atoms with Crippen molar-refractivity contribution in [3.05, 3.63) is 28.2 Å². The Morgan fingerprint density at radius 3 is 2.79 bits per heavy atom. The summed E-state index contributed by atoms with van der Waals surface area (Å²) in [7, 11) is 0. The lowest BCUT2D eigenvalue weighted by Gasteiger charge is -2.31. The number of ether oxygens (including phenoxy) is 1. The third-order valence-electron chi connectivity index (χ3n) is 6.02. The fraction of sp³-hybridized carbons (Fsp3) is 0.684. The van der Waals surface area contributed by atoms with Crippen LogP contribution >= 0.6 is 15.9 Å². The minimum absolute atomic E-state index is 0.414. The lowest BCUT2D eigenvalue weighted by molar-refractivity contribution is 0.122. The second-order valence-electron chi connectivity index (χ2n) is 7.59. The van der Waals surface area contributed by atoms with Crippen molar-refractivity contribution in [2.45, 2.75) is 31.8 Å². The van der Waals surface area contributed by atoms with Gasteiger partial charge in [0.25, 0.3) is 0 Å². The molecular weight excluding hydrogens is 366 g/mol. The number of benzene rings is 1. The Morgan fingerprint density at radius 1 is 1.17 bits per heavy atom. The molecule has 3 aliphatic rings. The minimum atomic E-state index is 0.414. The van der Waals surface area contributed by atoms with Gasteiger partial charge in [-0.1, -0.05) is 28.4 Å². The normalized spacial score (nSPS) is 31.2. The molecular formula is C19H28BrN3O. The molecule has 4 nitrogen and oxygen atoms in total. The van der Waals surface area contributed by atoms with Crippen LogP contribution in [-0.4, -0.2) is 50.3 Å². The number of nitrogens with two attached hydrogens (primary N) is 1. The Balaban J connectivity index is 1.50. The maximum absolute atomic E-state index is 6.39. The number of fused-ring (bicyclic) bond motifs is 1. The molecule has 1 aromatic rings. The quantitative estimate of drug-likeness (QED) is 0.856. The summed E-state index contributed by atoms with van der Waals surface area (Å²) in [6, 6.07) is 7.15. The van der Waals surface area contributed by atoms with Crippen LogP contribution in [0.2, 0.25) is 0 Å². The van der Waals surface area contributed by atoms with Gasteiger partial charge in [0.2, 0.25) is 0 Å². The number of morpholine rings is 1. The van der Waals surface area contributed by atoms with Crippen LogP contribution < -0.4 is 10.6 Å². The van der Waals surface area contributed by atoms with Gasteiger partial charge in [0, 0.05) is 48.9 Å². The molecule has 0 radical (unpaired) electrons. The van der Waals surface area contributed by atoms with Crippen molar-refractivity contribution in [2.75, 3.05) is 44.3 Å². The molecule has 3 fully saturated rings. The van der Waals surface area contributed by atoms with E-state index in [1.54, 1.807) is 0 Å². The fourth-order valence-electron chi connectivity index (χ4n) is 4.75. The molecule has 2 N–H and O–H groups in total. The molecule has 0 aromatic heterocycles. The second-order valence-corrected chi connectivity index (χ2v) is 8.50. The van der Waals surface area contributed by atoms with Crippen molar-refractivity contribution >= 4 is 21.6 Å². The summed E-state index contributed by atoms with van der Waals surface area (Å²) in [6.45, 7) is 7.06. The lowest BCUT2D eigenvalue weighted by Crippen LogP contribution is -2.38. The Hall–Kier alpha value is -0.620. The largest absolute Gasteiger partial charge is 0.378 e. The molecule has 24 heavy (non-hydrogen) atoms. The number of nitrogens with zero attached hydrogens (tertiary/aromatic N) is 2. The van der Waals surface area contributed by atoms with Gasteiger partial charge < -0.3 is 15.4 Å². The molecule has 132 valence electrons. The van der Waals surface area contributed by atoms with Crippen LogP contribution in [0.15, 0.2) is 22.7 Å². The SMILES string of the molecule is NC1CCCC2CN(Cc3ccc(Br)cc3N3CCOCC3)CC12. The highest BCUT2D eigenvalue weighted by atomic mass is 79.9. The topological polar surface area (TPSA) is 41.7 Å². The molecule has 2 heterocycles. The standard InChI is InChI=1S/C19H28BrN3O/c20-16-5-4-15(19(10-16)23-6-8-24-9-7-23)12-22-11-14-2-1-3-18(21)17(14)13-22/h4-5,10,14,17-18H,1-3,6-9,11-13,21H2. The monoisotopic (exact) mass is 393 g/mol. The summed E-state index contributed by atoms with van der Waals surface area (Å²) < 4.78 is 6.68. The van der Waals surface area contributed by atoms with Crippen molar-refractivity contribution in [3.8, 4) is 0 Å². The van der Waals surface area contributed by atoms with Gasteiger partial charge in [-0.15, -0.1) is 0 Å². The van der Waals surface area contributed by atoms with Gasteiger partial charge >= 0.3 is 0 Å². The average Bonchev–Trinajstić information content (AvgIpc) is 3.01. The highest BCUT2D eigenvalue weighted by Crippen LogP contribution is 2.37. The van der Waals surface area contributed by atoms with E-state index in [-0.39, 0.29) is 0 Å². The third kappa shape index (κ3) is 3.50. The minimum Gasteiger partial charge on any atom is -0.378 e. The van der Waals surface area contributed by atoms with E-state index in [1.807, 2.05) is 0 Å². The molecule has 5 heteroatoms. The van der Waals surface area contributed by atoms with E-state index in [0.717, 1.165) is 43.2 Å². The van der Waals surface area contributed by atoms with Crippen LogP contribution in [0.4, 0.5) is 5.69 Å². The molecule has 4 rings (SSSR count). The number of halogens is 1. The van der Waals surface area contributed by atoms with E-state index < -0.39 is 0 Å². The van der Waals surface area contributed by atoms with Gasteiger partial charge in [-0.25, -0.2) is 0 Å². The van der Waals surface area contributed by atoms with Crippen molar-refractivity contribution in [1.82, 2.24) is 4.90 Å². The van der Waals surface area contributed by atoms with Crippen LogP contribution in [0.3, 0.4) is 0 Å². The second kappa shape index (κ2) is 7.32. The zero-order chi connectivity index (χ0) is 16.5. The Labute approximate surface area is 153 Å². The molecule has 1 aliphatic carbocycles. The van der Waals surface area contributed by atoms with Crippen LogP contribution in [0, 0.1) is 11.8 Å². The summed E-state index contributed by atoms with van der Waals surface area (Å²) in [6.07, 6.45) is 3.89. The van der Waals surface area contributed by atoms with Crippen molar-refractivity contribution in [2.24, 2.45) is 17.6 Å². The van der Waals surface area contributed by atoms with E-state index in [1.165, 1.54) is 43.6 Å². The maximum Gasteiger partial charge on any atom is 0.0642 e. The molecule has 3 atom stereocenters. The predicted molar refractivity (Wildman–Crippen MR) is 101 cm³/mol. The Kier molecular flexibility index (Phi) is 5.13. The molecule has 1 saturated carbocycles. The Bertz CT molecular complexity index is 576. The van der Waals surface area contributed by atoms with E-state index in [0.29, 0.717) is 12.0 Å². The molecule has 0 spiro atoms. The third-order valence-corrected chi connectivity index (χ3v) is 6.52. The highest BCUT2D eigenvalue weighted by Gasteiger charge is 2.38. The van der Waals surface area contributed by atoms with E-state index in [4.69, 9.17) is 10.5 Å². The van der Waals surface area contributed by atoms with Gasteiger partial charge in [0.05, 0.1) is 13.2 Å². The first-order valence-electron chi connectivity index (χ1n) is 9.30. The average molecular weight is 394 g/mol. The number of likely N-dealkylation sites (tertiary alicyclic amines) is 1. The molecule has 2 saturated heterocycles. The Morgan fingerprint density at radius 2 is 2.00 bits per heavy atom. The summed E-state index contributed by atoms with van der Waals surface area (Å²) in [5.74, 6) is 1.53. The highest BCUT2D eigenvalue weighted by molar-refractivity contribution is 9.10. The van der Waals surface area contributed by atoms with Crippen LogP contribution in [0.1, 0.15) is 24.8 Å². The first-order valence-corrected chi connectivity index (χ1v) is 10.1. The van der Waals surface area contributed by atoms with Crippen LogP contribution in [0.5, 0.6) is 0 Å². The number of hydrogen-bond donors (Lipinski definition) is 1. The maximum atomic E-state index is 6.39. The summed E-state index contributed by atoms with van der Waals surface area (Å²) in [5, 5.41) is 0. The van der Waals surface area contributed by atoms with E-state index in [2.05, 4.69) is 43.9 Å². The summed E-state index contributed by atoms with van der Waals surface area (Å²) in [4.78, 5) is 5.10. The van der Waals surface area contributed by atoms with E-state index in [9.17, 15) is 0 Å². The summed E-state index contributed by atoms with van der Waals surface area (Å²) in [5.41, 5.74) is 9.19. The molecule has 0 bridgehead atoms. The fourth-order valence-corrected chi connectivity index (χ4v) is 5.10. The molecule has 0 amide bonds. The van der Waals surface area contributed by atoms with Gasteiger partial charge in [-0.3, -0.25) is 4.90 Å². The van der Waals surface area contributed by atoms with Crippen LogP contribution in [0.25, 0.3) is 0 Å². The number of rotatable bonds is 3. The number of anilines is 1. The predicted octanol–water partition coefficient (Wildman–Crippen LogP) is 2.84. The van der Waals surface area contributed by atoms with Gasteiger partial charge in [0.15, 0.2) is 0 Å². The summed E-state index contributed by atoms with van der Waals surface area (Å²) >= 11 is 3.65. The van der Waals surface area contributed by atoms with E-state index >= 15 is 0 Å². The zero-order valence-corrected chi connectivity index (χ0v) is 15.9. The van der Waals surface area contributed by atoms with Crippen molar-refractivity contribution < 1.29 is 4.74 Å². The zero-order valence-electron chi connectivity index (χ0n) is 14.3. The molecule has 2 aliphatic heterocycles. The van der Waals surface area contributed by atoms with Crippen LogP contribution in [-0.2, 0) is 11.3 Å².